The van der Waals surface area contributed by atoms with Crippen LogP contribution >= 0.6 is 11.3 Å². The fraction of sp³-hybridized carbons (Fsp3) is 0.222. The fourth-order valence-corrected chi connectivity index (χ4v) is 14.0. The molecule has 9 aromatic carbocycles. The fourth-order valence-electron chi connectivity index (χ4n) is 12.8. The van der Waals surface area contributed by atoms with Crippen molar-refractivity contribution < 1.29 is 54.6 Å². The standard InChI is InChI=1S/C72H66BN3S.2Cd/c1-43-56(71(9,10)11)35-36-58-66(43)76(48-23-16-15-17-24-48)67-44(2)57(72(12,13)14)41-63-65(67)73(58)59-40-55-52-25-18-20-29-60(52)75(50-38-46(69(3,4)5)37-47(39-50)70(6,7)8)61(55)42-62(59)74(63)49-33-31-45(32-34-49)51-27-22-28-54-53-26-19-21-30-64(53)77-68(51)54;;/h15-22,25-42H,1-2H2,3-14H3;;/q-4;2*+2. The Balaban J connectivity index is 0.00000330. The van der Waals surface area contributed by atoms with Crippen molar-refractivity contribution in [3.8, 4) is 16.8 Å². The maximum atomic E-state index is 5.09. The molecule has 7 heteroatoms. The molecule has 0 N–H and O–H groups in total. The Morgan fingerprint density at radius 2 is 1.09 bits per heavy atom. The summed E-state index contributed by atoms with van der Waals surface area (Å²) in [5.41, 5.74) is 22.7. The maximum Gasteiger partial charge on any atom is 2.00 e. The van der Waals surface area contributed by atoms with E-state index in [1.54, 1.807) is 0 Å². The van der Waals surface area contributed by atoms with Gasteiger partial charge < -0.3 is 26.5 Å². The largest absolute Gasteiger partial charge is 2.00 e. The first kappa shape index (κ1) is 55.2. The molecule has 0 atom stereocenters. The molecule has 0 unspecified atom stereocenters. The summed E-state index contributed by atoms with van der Waals surface area (Å²) >= 11 is 1.88. The van der Waals surface area contributed by atoms with Crippen molar-refractivity contribution in [3.05, 3.63) is 217 Å². The molecule has 13 rings (SSSR count). The van der Waals surface area contributed by atoms with Crippen LogP contribution in [-0.2, 0) is 76.3 Å². The summed E-state index contributed by atoms with van der Waals surface area (Å²) in [6.07, 6.45) is 0. The number of fused-ring (bicyclic) bond motifs is 10. The summed E-state index contributed by atoms with van der Waals surface area (Å²) in [6.45, 7) is 37.8. The van der Waals surface area contributed by atoms with Crippen LogP contribution in [0.1, 0.15) is 116 Å². The number of nitrogens with zero attached hydrogens (tertiary/aromatic N) is 3. The number of thiophene rings is 1. The van der Waals surface area contributed by atoms with E-state index in [1.165, 1.54) is 97.4 Å². The zero-order valence-electron chi connectivity index (χ0n) is 48.2. The van der Waals surface area contributed by atoms with E-state index in [4.69, 9.17) is 13.8 Å². The third-order valence-corrected chi connectivity index (χ3v) is 17.8. The van der Waals surface area contributed by atoms with E-state index in [0.717, 1.165) is 45.3 Å². The van der Waals surface area contributed by atoms with E-state index >= 15 is 0 Å². The van der Waals surface area contributed by atoms with E-state index in [0.29, 0.717) is 0 Å². The maximum absolute atomic E-state index is 5.09. The first-order chi connectivity index (χ1) is 36.6. The summed E-state index contributed by atoms with van der Waals surface area (Å²) in [5.74, 6) is 0. The van der Waals surface area contributed by atoms with Crippen LogP contribution in [0.15, 0.2) is 158 Å². The normalized spacial score (nSPS) is 13.4. The molecule has 3 nitrogen and oxygen atoms in total. The Kier molecular flexibility index (Phi) is 13.6. The molecule has 0 saturated heterocycles. The van der Waals surface area contributed by atoms with Crippen LogP contribution in [0.3, 0.4) is 0 Å². The topological polar surface area (TPSA) is 11.4 Å². The van der Waals surface area contributed by atoms with Gasteiger partial charge in [-0.25, -0.2) is 5.69 Å². The molecule has 0 fully saturated rings. The number of anilines is 6. The number of aromatic nitrogens is 1. The third-order valence-electron chi connectivity index (χ3n) is 16.6. The minimum absolute atomic E-state index is 0. The molecule has 4 heterocycles. The van der Waals surface area contributed by atoms with E-state index in [1.807, 2.05) is 29.5 Å². The van der Waals surface area contributed by atoms with E-state index < -0.39 is 0 Å². The number of hydrogen-bond acceptors (Lipinski definition) is 3. The van der Waals surface area contributed by atoms with Gasteiger partial charge >= 0.3 is 54.6 Å². The molecule has 0 saturated carbocycles. The average molecular weight is 1240 g/mol. The molecule has 0 spiro atoms. The van der Waals surface area contributed by atoms with Gasteiger partial charge in [0.25, 0.3) is 0 Å². The van der Waals surface area contributed by atoms with Crippen molar-refractivity contribution in [2.24, 2.45) is 0 Å². The van der Waals surface area contributed by atoms with Crippen LogP contribution in [0, 0.1) is 26.0 Å². The van der Waals surface area contributed by atoms with Gasteiger partial charge in [-0.3, -0.25) is 18.2 Å². The third kappa shape index (κ3) is 8.80. The van der Waals surface area contributed by atoms with Crippen LogP contribution < -0.4 is 26.2 Å². The Bertz CT molecular complexity index is 4200. The summed E-state index contributed by atoms with van der Waals surface area (Å²) < 4.78 is 5.17. The van der Waals surface area contributed by atoms with Gasteiger partial charge in [0.2, 0.25) is 6.71 Å². The number of hydrogen-bond donors (Lipinski definition) is 0. The molecular weight excluding hydrogens is 1170 g/mol. The van der Waals surface area contributed by atoms with Gasteiger partial charge in [0.1, 0.15) is 0 Å². The smallest absolute Gasteiger partial charge is 0.463 e. The average Bonchev–Trinajstić information content (AvgIpc) is 4.10. The predicted octanol–water partition coefficient (Wildman–Crippen LogP) is 18.1. The van der Waals surface area contributed by atoms with Crippen LogP contribution in [0.4, 0.5) is 34.1 Å². The zero-order chi connectivity index (χ0) is 53.8. The monoisotopic (exact) mass is 1240 g/mol. The van der Waals surface area contributed by atoms with E-state index in [-0.39, 0.29) is 83.0 Å². The molecule has 0 aliphatic carbocycles. The molecule has 2 aromatic heterocycles. The minimum atomic E-state index is -0.257. The molecule has 0 amide bonds. The Morgan fingerprint density at radius 3 is 1.75 bits per heavy atom. The first-order valence-corrected chi connectivity index (χ1v) is 28.1. The Labute approximate surface area is 513 Å². The number of benzene rings is 9. The van der Waals surface area contributed by atoms with Crippen LogP contribution in [0.25, 0.3) is 58.8 Å². The van der Waals surface area contributed by atoms with E-state index in [9.17, 15) is 0 Å². The molecule has 2 aliphatic rings. The number of para-hydroxylation sites is 2. The SMILES string of the molecule is [CH2-]c1c(C(C)(C)C)ccc2c1N(c1[c-]ccc[c-]1)c1c([CH2-])c(C(C)(C)C)cc3c1B2c1cc2c4ccccc4n(-c4cc(C(C)(C)C)cc(C(C)(C)C)c4)c2cc1N3c1ccc(-c2cccc3c2sc2ccccc23)cc1.[Cd+2].[Cd+2]. The van der Waals surface area contributed by atoms with Crippen molar-refractivity contribution in [2.45, 2.75) is 105 Å². The summed E-state index contributed by atoms with van der Waals surface area (Å²) in [5, 5.41) is 5.07. The molecule has 79 heavy (non-hydrogen) atoms. The van der Waals surface area contributed by atoms with Crippen LogP contribution in [-0.4, -0.2) is 11.3 Å². The quantitative estimate of drug-likeness (QED) is 0.129. The molecule has 2 aliphatic heterocycles. The van der Waals surface area contributed by atoms with Gasteiger partial charge in [-0.2, -0.15) is 25.0 Å². The predicted molar refractivity (Wildman–Crippen MR) is 335 cm³/mol. The number of rotatable bonds is 4. The van der Waals surface area contributed by atoms with Gasteiger partial charge in [-0.1, -0.05) is 202 Å². The Morgan fingerprint density at radius 1 is 0.468 bits per heavy atom. The molecule has 0 bridgehead atoms. The van der Waals surface area contributed by atoms with Gasteiger partial charge in [0.15, 0.2) is 0 Å². The second-order valence-electron chi connectivity index (χ2n) is 25.9. The zero-order valence-corrected chi connectivity index (χ0v) is 57.1. The van der Waals surface area contributed by atoms with Gasteiger partial charge in [0.05, 0.1) is 11.0 Å². The molecule has 0 radical (unpaired) electrons. The van der Waals surface area contributed by atoms with Crippen molar-refractivity contribution in [2.75, 3.05) is 9.80 Å². The van der Waals surface area contributed by atoms with Crippen LogP contribution in [0.5, 0.6) is 0 Å². The molecular formula is C72H66BCd2N3S. The molecule has 11 aromatic rings. The Hall–Kier alpha value is -5.75. The minimum Gasteiger partial charge on any atom is -0.463 e. The summed E-state index contributed by atoms with van der Waals surface area (Å²) in [7, 11) is 0. The molecule has 382 valence electrons. The summed E-state index contributed by atoms with van der Waals surface area (Å²) in [6, 6.07) is 66.9. The van der Waals surface area contributed by atoms with E-state index in [2.05, 4.69) is 249 Å². The second-order valence-corrected chi connectivity index (χ2v) is 26.9. The second kappa shape index (κ2) is 19.5. The first-order valence-electron chi connectivity index (χ1n) is 27.3. The van der Waals surface area contributed by atoms with Gasteiger partial charge in [-0.15, -0.1) is 34.0 Å². The van der Waals surface area contributed by atoms with Gasteiger partial charge in [-0.05, 0) is 81.0 Å². The van der Waals surface area contributed by atoms with Crippen molar-refractivity contribution in [3.63, 3.8) is 0 Å². The van der Waals surface area contributed by atoms with Crippen LogP contribution in [0.2, 0.25) is 0 Å². The van der Waals surface area contributed by atoms with Crippen molar-refractivity contribution >= 4 is 111 Å². The van der Waals surface area contributed by atoms with Crippen molar-refractivity contribution in [1.82, 2.24) is 4.57 Å². The van der Waals surface area contributed by atoms with Gasteiger partial charge in [0, 0.05) is 53.7 Å². The van der Waals surface area contributed by atoms with Crippen molar-refractivity contribution in [1.29, 1.82) is 0 Å². The summed E-state index contributed by atoms with van der Waals surface area (Å²) in [4.78, 5) is 4.99.